The molecule has 0 aliphatic rings. The molecule has 0 heterocycles. The van der Waals surface area contributed by atoms with Crippen LogP contribution in [0, 0.1) is 10.1 Å². The van der Waals surface area contributed by atoms with Crippen LogP contribution in [0.3, 0.4) is 0 Å². The van der Waals surface area contributed by atoms with Gasteiger partial charge in [0, 0.05) is 12.6 Å². The van der Waals surface area contributed by atoms with Gasteiger partial charge in [0.2, 0.25) is 0 Å². The zero-order valence-corrected chi connectivity index (χ0v) is 15.4. The molecule has 0 aromatic heterocycles. The van der Waals surface area contributed by atoms with E-state index in [2.05, 4.69) is 5.32 Å². The van der Waals surface area contributed by atoms with Gasteiger partial charge < -0.3 is 14.8 Å². The van der Waals surface area contributed by atoms with Crippen LogP contribution in [0.4, 0.5) is 14.9 Å². The number of carbonyl (C=O) groups excluding carboxylic acids is 1. The monoisotopic (exact) mass is 388 g/mol. The van der Waals surface area contributed by atoms with Crippen LogP contribution in [0.2, 0.25) is 0 Å². The molecule has 0 unspecified atom stereocenters. The molecular weight excluding hydrogens is 367 g/mol. The lowest BCUT2D eigenvalue weighted by Crippen LogP contribution is -2.27. The SMILES string of the molecule is CCCNC(=O)Oc1ccc(/C=C/c2ccc([N+](=O)[O-])c(OCCF)c2)cc1. The van der Waals surface area contributed by atoms with E-state index in [9.17, 15) is 19.3 Å². The fourth-order valence-electron chi connectivity index (χ4n) is 2.26. The minimum absolute atomic E-state index is 0.0200. The lowest BCUT2D eigenvalue weighted by Gasteiger charge is -2.06. The highest BCUT2D eigenvalue weighted by atomic mass is 19.1. The van der Waals surface area contributed by atoms with Crippen LogP contribution in [0.1, 0.15) is 24.5 Å². The number of nitrogens with zero attached hydrogens (tertiary/aromatic N) is 1. The van der Waals surface area contributed by atoms with Crippen LogP contribution in [-0.2, 0) is 0 Å². The normalized spacial score (nSPS) is 10.6. The number of nitrogens with one attached hydrogen (secondary N) is 1. The maximum atomic E-state index is 12.3. The molecule has 0 aliphatic heterocycles. The smallest absolute Gasteiger partial charge is 0.412 e. The van der Waals surface area contributed by atoms with E-state index in [1.54, 1.807) is 42.5 Å². The van der Waals surface area contributed by atoms with Crippen molar-refractivity contribution in [2.75, 3.05) is 19.8 Å². The molecule has 7 nitrogen and oxygen atoms in total. The summed E-state index contributed by atoms with van der Waals surface area (Å²) in [5.41, 5.74) is 1.29. The lowest BCUT2D eigenvalue weighted by molar-refractivity contribution is -0.385. The van der Waals surface area contributed by atoms with Gasteiger partial charge in [0.05, 0.1) is 4.92 Å². The van der Waals surface area contributed by atoms with Crippen molar-refractivity contribution >= 4 is 23.9 Å². The van der Waals surface area contributed by atoms with E-state index in [1.807, 2.05) is 6.92 Å². The molecule has 0 bridgehead atoms. The van der Waals surface area contributed by atoms with Crippen molar-refractivity contribution in [3.05, 3.63) is 63.7 Å². The van der Waals surface area contributed by atoms with E-state index in [0.29, 0.717) is 17.9 Å². The van der Waals surface area contributed by atoms with Crippen molar-refractivity contribution in [1.29, 1.82) is 0 Å². The summed E-state index contributed by atoms with van der Waals surface area (Å²) >= 11 is 0. The van der Waals surface area contributed by atoms with Gasteiger partial charge in [-0.2, -0.15) is 0 Å². The first-order chi connectivity index (χ1) is 13.5. The van der Waals surface area contributed by atoms with Crippen LogP contribution in [0.15, 0.2) is 42.5 Å². The maximum Gasteiger partial charge on any atom is 0.412 e. The first kappa shape index (κ1) is 20.9. The first-order valence-electron chi connectivity index (χ1n) is 8.74. The van der Waals surface area contributed by atoms with Crippen LogP contribution >= 0.6 is 0 Å². The fraction of sp³-hybridized carbons (Fsp3) is 0.250. The third kappa shape index (κ3) is 6.39. The van der Waals surface area contributed by atoms with E-state index in [0.717, 1.165) is 12.0 Å². The summed E-state index contributed by atoms with van der Waals surface area (Å²) in [7, 11) is 0. The molecule has 0 saturated carbocycles. The van der Waals surface area contributed by atoms with Gasteiger partial charge in [-0.05, 0) is 41.8 Å². The zero-order chi connectivity index (χ0) is 20.4. The summed E-state index contributed by atoms with van der Waals surface area (Å²) in [6.07, 6.45) is 3.86. The zero-order valence-electron chi connectivity index (χ0n) is 15.4. The molecule has 2 rings (SSSR count). The van der Waals surface area contributed by atoms with E-state index in [4.69, 9.17) is 9.47 Å². The Hall–Kier alpha value is -3.42. The molecule has 0 saturated heterocycles. The van der Waals surface area contributed by atoms with Crippen LogP contribution < -0.4 is 14.8 Å². The number of nitro benzene ring substituents is 1. The van der Waals surface area contributed by atoms with Gasteiger partial charge in [-0.3, -0.25) is 10.1 Å². The number of alkyl halides is 1. The second-order valence-corrected chi connectivity index (χ2v) is 5.74. The predicted octanol–water partition coefficient (Wildman–Crippen LogP) is 4.61. The van der Waals surface area contributed by atoms with Crippen LogP contribution in [0.5, 0.6) is 11.5 Å². The highest BCUT2D eigenvalue weighted by Gasteiger charge is 2.15. The minimum atomic E-state index is -0.734. The van der Waals surface area contributed by atoms with Crippen LogP contribution in [0.25, 0.3) is 12.2 Å². The average molecular weight is 388 g/mol. The van der Waals surface area contributed by atoms with Gasteiger partial charge in [0.1, 0.15) is 19.0 Å². The van der Waals surface area contributed by atoms with Gasteiger partial charge in [-0.15, -0.1) is 0 Å². The van der Waals surface area contributed by atoms with E-state index in [-0.39, 0.29) is 18.0 Å². The number of rotatable bonds is 9. The Morgan fingerprint density at radius 2 is 1.86 bits per heavy atom. The van der Waals surface area contributed by atoms with Gasteiger partial charge in [0.25, 0.3) is 0 Å². The number of hydrogen-bond acceptors (Lipinski definition) is 5. The molecule has 8 heteroatoms. The average Bonchev–Trinajstić information content (AvgIpc) is 2.70. The van der Waals surface area contributed by atoms with E-state index >= 15 is 0 Å². The standard InChI is InChI=1S/C20H21FN2O5/c1-2-12-22-20(24)28-17-8-5-15(6-9-17)3-4-16-7-10-18(23(25)26)19(14-16)27-13-11-21/h3-10,14H,2,11-13H2,1H3,(H,22,24)/b4-3+. The fourth-order valence-corrected chi connectivity index (χ4v) is 2.26. The van der Waals surface area contributed by atoms with E-state index in [1.165, 1.54) is 12.1 Å². The molecule has 0 aliphatic carbocycles. The van der Waals surface area contributed by atoms with Gasteiger partial charge >= 0.3 is 11.8 Å². The number of amides is 1. The first-order valence-corrected chi connectivity index (χ1v) is 8.74. The molecule has 2 aromatic carbocycles. The van der Waals surface area contributed by atoms with Gasteiger partial charge in [-0.1, -0.05) is 31.2 Å². The number of ether oxygens (including phenoxy) is 2. The highest BCUT2D eigenvalue weighted by molar-refractivity contribution is 5.73. The van der Waals surface area contributed by atoms with E-state index < -0.39 is 17.7 Å². The third-order valence-electron chi connectivity index (χ3n) is 3.59. The summed E-state index contributed by atoms with van der Waals surface area (Å²) < 4.78 is 22.6. The summed E-state index contributed by atoms with van der Waals surface area (Å²) in [6.45, 7) is 1.51. The topological polar surface area (TPSA) is 90.7 Å². The van der Waals surface area contributed by atoms with Crippen molar-refractivity contribution in [1.82, 2.24) is 5.32 Å². The molecule has 0 atom stereocenters. The summed E-state index contributed by atoms with van der Waals surface area (Å²) in [5.74, 6) is 0.439. The Morgan fingerprint density at radius 1 is 1.18 bits per heavy atom. The molecule has 2 aromatic rings. The molecular formula is C20H21FN2O5. The summed E-state index contributed by atoms with van der Waals surface area (Å²) in [5, 5.41) is 13.6. The van der Waals surface area contributed by atoms with Gasteiger partial charge in [0.15, 0.2) is 5.75 Å². The van der Waals surface area contributed by atoms with Gasteiger partial charge in [-0.25, -0.2) is 9.18 Å². The molecule has 0 spiro atoms. The quantitative estimate of drug-likeness (QED) is 0.385. The Labute approximate surface area is 161 Å². The molecule has 1 amide bonds. The molecule has 0 fully saturated rings. The molecule has 0 radical (unpaired) electrons. The van der Waals surface area contributed by atoms with Crippen molar-refractivity contribution in [2.24, 2.45) is 0 Å². The second-order valence-electron chi connectivity index (χ2n) is 5.74. The maximum absolute atomic E-state index is 12.3. The van der Waals surface area contributed by atoms with Crippen molar-refractivity contribution in [3.63, 3.8) is 0 Å². The third-order valence-corrected chi connectivity index (χ3v) is 3.59. The Balaban J connectivity index is 2.06. The van der Waals surface area contributed by atoms with Crippen molar-refractivity contribution < 1.29 is 23.6 Å². The van der Waals surface area contributed by atoms with Crippen molar-refractivity contribution in [2.45, 2.75) is 13.3 Å². The summed E-state index contributed by atoms with van der Waals surface area (Å²) in [4.78, 5) is 22.0. The van der Waals surface area contributed by atoms with Crippen molar-refractivity contribution in [3.8, 4) is 11.5 Å². The minimum Gasteiger partial charge on any atom is -0.484 e. The Kier molecular flexibility index (Phi) is 7.95. The largest absolute Gasteiger partial charge is 0.484 e. The number of benzene rings is 2. The molecule has 28 heavy (non-hydrogen) atoms. The predicted molar refractivity (Wildman–Crippen MR) is 104 cm³/mol. The number of nitro groups is 1. The Morgan fingerprint density at radius 3 is 2.50 bits per heavy atom. The molecule has 148 valence electrons. The Bertz CT molecular complexity index is 837. The van der Waals surface area contributed by atoms with Crippen LogP contribution in [-0.4, -0.2) is 30.8 Å². The summed E-state index contributed by atoms with van der Waals surface area (Å²) in [6, 6.07) is 11.2. The molecule has 1 N–H and O–H groups in total. The lowest BCUT2D eigenvalue weighted by atomic mass is 10.1. The number of hydrogen-bond donors (Lipinski definition) is 1. The number of halogens is 1. The number of carbonyl (C=O) groups is 1. The second kappa shape index (κ2) is 10.7. The highest BCUT2D eigenvalue weighted by Crippen LogP contribution is 2.28.